The van der Waals surface area contributed by atoms with Crippen LogP contribution >= 0.6 is 22.9 Å². The topological polar surface area (TPSA) is 59.5 Å². The van der Waals surface area contributed by atoms with E-state index in [1.165, 1.54) is 17.4 Å². The number of carbonyl (C=O) groups excluding carboxylic acids is 1. The van der Waals surface area contributed by atoms with Crippen LogP contribution < -0.4 is 5.32 Å². The zero-order valence-electron chi connectivity index (χ0n) is 10.2. The number of furan rings is 1. The minimum Gasteiger partial charge on any atom is -0.467 e. The minimum atomic E-state index is -0.220. The van der Waals surface area contributed by atoms with E-state index in [-0.39, 0.29) is 5.91 Å². The lowest BCUT2D eigenvalue weighted by Gasteiger charge is -1.98. The van der Waals surface area contributed by atoms with Gasteiger partial charge in [-0.1, -0.05) is 11.6 Å². The lowest BCUT2D eigenvalue weighted by molar-refractivity contribution is -0.116. The van der Waals surface area contributed by atoms with E-state index in [1.54, 1.807) is 24.5 Å². The van der Waals surface area contributed by atoms with Crippen LogP contribution in [0.25, 0.3) is 11.0 Å². The van der Waals surface area contributed by atoms with Crippen molar-refractivity contribution in [1.29, 1.82) is 0 Å². The van der Waals surface area contributed by atoms with E-state index in [2.05, 4.69) is 10.3 Å². The molecule has 3 aromatic heterocycles. The van der Waals surface area contributed by atoms with Gasteiger partial charge in [0.15, 0.2) is 10.1 Å². The van der Waals surface area contributed by atoms with Gasteiger partial charge in [0.05, 0.1) is 18.5 Å². The number of halogens is 1. The predicted molar refractivity (Wildman–Crippen MR) is 77.7 cm³/mol. The van der Waals surface area contributed by atoms with Gasteiger partial charge in [-0.3, -0.25) is 9.20 Å². The summed E-state index contributed by atoms with van der Waals surface area (Å²) in [7, 11) is 0. The number of rotatable bonds is 4. The second-order valence-electron chi connectivity index (χ2n) is 3.97. The standard InChI is InChI=1S/C13H10ClN3O2S/c14-12-10(17-5-7-20-13(17)16-12)3-4-11(18)15-8-9-2-1-6-19-9/h1-7H,8H2,(H,15,18)/b4-3+. The van der Waals surface area contributed by atoms with Crippen LogP contribution in [0.1, 0.15) is 11.5 Å². The summed E-state index contributed by atoms with van der Waals surface area (Å²) in [6.45, 7) is 0.351. The molecule has 0 aliphatic rings. The van der Waals surface area contributed by atoms with Gasteiger partial charge < -0.3 is 9.73 Å². The number of fused-ring (bicyclic) bond motifs is 1. The highest BCUT2D eigenvalue weighted by Gasteiger charge is 2.08. The molecule has 0 unspecified atom stereocenters. The molecule has 5 nitrogen and oxygen atoms in total. The Bertz CT molecular complexity index is 758. The van der Waals surface area contributed by atoms with Crippen LogP contribution in [0.5, 0.6) is 0 Å². The molecule has 0 aliphatic heterocycles. The quantitative estimate of drug-likeness (QED) is 0.754. The van der Waals surface area contributed by atoms with E-state index in [0.29, 0.717) is 23.2 Å². The summed E-state index contributed by atoms with van der Waals surface area (Å²) in [6.07, 6.45) is 6.50. The zero-order valence-corrected chi connectivity index (χ0v) is 11.8. The molecule has 0 fully saturated rings. The van der Waals surface area contributed by atoms with Crippen molar-refractivity contribution in [2.75, 3.05) is 0 Å². The molecule has 102 valence electrons. The SMILES string of the molecule is O=C(/C=C/c1c(Cl)nc2sccn12)NCc1ccco1. The summed E-state index contributed by atoms with van der Waals surface area (Å²) in [5, 5.41) is 5.01. The maximum atomic E-state index is 11.7. The number of carbonyl (C=O) groups is 1. The van der Waals surface area contributed by atoms with E-state index in [1.807, 2.05) is 16.0 Å². The Hall–Kier alpha value is -2.05. The van der Waals surface area contributed by atoms with Gasteiger partial charge in [0.1, 0.15) is 5.76 Å². The molecule has 3 heterocycles. The summed E-state index contributed by atoms with van der Waals surface area (Å²) in [5.74, 6) is 0.483. The van der Waals surface area contributed by atoms with Gasteiger partial charge in [0, 0.05) is 17.7 Å². The second kappa shape index (κ2) is 5.52. The van der Waals surface area contributed by atoms with Gasteiger partial charge in [0.2, 0.25) is 5.91 Å². The third kappa shape index (κ3) is 2.61. The van der Waals surface area contributed by atoms with E-state index < -0.39 is 0 Å². The molecule has 7 heteroatoms. The van der Waals surface area contributed by atoms with E-state index in [0.717, 1.165) is 4.96 Å². The Kier molecular flexibility index (Phi) is 3.58. The Labute approximate surface area is 123 Å². The van der Waals surface area contributed by atoms with Crippen LogP contribution in [0.3, 0.4) is 0 Å². The van der Waals surface area contributed by atoms with Gasteiger partial charge in [-0.15, -0.1) is 11.3 Å². The Morgan fingerprint density at radius 1 is 1.60 bits per heavy atom. The number of hydrogen-bond acceptors (Lipinski definition) is 4. The number of nitrogens with zero attached hydrogens (tertiary/aromatic N) is 2. The summed E-state index contributed by atoms with van der Waals surface area (Å²) in [4.78, 5) is 16.7. The molecule has 20 heavy (non-hydrogen) atoms. The third-order valence-electron chi connectivity index (χ3n) is 2.66. The molecule has 3 rings (SSSR count). The molecule has 0 bridgehead atoms. The molecule has 0 spiro atoms. The van der Waals surface area contributed by atoms with Crippen molar-refractivity contribution in [1.82, 2.24) is 14.7 Å². The molecule has 0 saturated carbocycles. The molecule has 1 amide bonds. The van der Waals surface area contributed by atoms with Crippen molar-refractivity contribution >= 4 is 39.9 Å². The van der Waals surface area contributed by atoms with Crippen LogP contribution in [0.15, 0.2) is 40.5 Å². The average molecular weight is 308 g/mol. The van der Waals surface area contributed by atoms with Crippen LogP contribution in [0.4, 0.5) is 0 Å². The van der Waals surface area contributed by atoms with Crippen molar-refractivity contribution in [3.63, 3.8) is 0 Å². The predicted octanol–water partition coefficient (Wildman–Crippen LogP) is 2.97. The molecule has 3 aromatic rings. The van der Waals surface area contributed by atoms with E-state index >= 15 is 0 Å². The minimum absolute atomic E-state index is 0.220. The first-order chi connectivity index (χ1) is 9.74. The summed E-state index contributed by atoms with van der Waals surface area (Å²) >= 11 is 7.51. The van der Waals surface area contributed by atoms with Crippen molar-refractivity contribution < 1.29 is 9.21 Å². The maximum Gasteiger partial charge on any atom is 0.244 e. The van der Waals surface area contributed by atoms with Gasteiger partial charge in [-0.05, 0) is 18.2 Å². The summed E-state index contributed by atoms with van der Waals surface area (Å²) in [5.41, 5.74) is 0.691. The van der Waals surface area contributed by atoms with Crippen molar-refractivity contribution in [3.8, 4) is 0 Å². The maximum absolute atomic E-state index is 11.7. The van der Waals surface area contributed by atoms with Crippen LogP contribution in [0, 0.1) is 0 Å². The number of imidazole rings is 1. The molecule has 0 aromatic carbocycles. The molecule has 0 radical (unpaired) electrons. The second-order valence-corrected chi connectivity index (χ2v) is 5.20. The van der Waals surface area contributed by atoms with Crippen molar-refractivity contribution in [3.05, 3.63) is 52.7 Å². The Morgan fingerprint density at radius 3 is 3.30 bits per heavy atom. The summed E-state index contributed by atoms with van der Waals surface area (Å²) in [6, 6.07) is 3.57. The fourth-order valence-corrected chi connectivity index (χ4v) is 2.73. The highest BCUT2D eigenvalue weighted by Crippen LogP contribution is 2.22. The highest BCUT2D eigenvalue weighted by molar-refractivity contribution is 7.15. The third-order valence-corrected chi connectivity index (χ3v) is 3.70. The Morgan fingerprint density at radius 2 is 2.50 bits per heavy atom. The van der Waals surface area contributed by atoms with Gasteiger partial charge >= 0.3 is 0 Å². The van der Waals surface area contributed by atoms with Crippen LogP contribution in [-0.2, 0) is 11.3 Å². The highest BCUT2D eigenvalue weighted by atomic mass is 35.5. The molecule has 0 saturated heterocycles. The van der Waals surface area contributed by atoms with Gasteiger partial charge in [0.25, 0.3) is 0 Å². The smallest absolute Gasteiger partial charge is 0.244 e. The normalized spacial score (nSPS) is 11.4. The largest absolute Gasteiger partial charge is 0.467 e. The number of aromatic nitrogens is 2. The van der Waals surface area contributed by atoms with E-state index in [9.17, 15) is 4.79 Å². The van der Waals surface area contributed by atoms with Crippen molar-refractivity contribution in [2.24, 2.45) is 0 Å². The average Bonchev–Trinajstić information content (AvgIpc) is 3.11. The number of hydrogen-bond donors (Lipinski definition) is 1. The van der Waals surface area contributed by atoms with Crippen LogP contribution in [0.2, 0.25) is 5.15 Å². The number of amides is 1. The van der Waals surface area contributed by atoms with Crippen LogP contribution in [-0.4, -0.2) is 15.3 Å². The summed E-state index contributed by atoms with van der Waals surface area (Å²) < 4.78 is 6.96. The first kappa shape index (κ1) is 13.0. The van der Waals surface area contributed by atoms with E-state index in [4.69, 9.17) is 16.0 Å². The zero-order chi connectivity index (χ0) is 13.9. The number of thiazole rings is 1. The molecular weight excluding hydrogens is 298 g/mol. The van der Waals surface area contributed by atoms with Gasteiger partial charge in [-0.25, -0.2) is 4.98 Å². The first-order valence-electron chi connectivity index (χ1n) is 5.83. The lowest BCUT2D eigenvalue weighted by Crippen LogP contribution is -2.19. The fraction of sp³-hybridized carbons (Fsp3) is 0.0769. The van der Waals surface area contributed by atoms with Crippen molar-refractivity contribution in [2.45, 2.75) is 6.54 Å². The molecule has 1 N–H and O–H groups in total. The Balaban J connectivity index is 1.68. The first-order valence-corrected chi connectivity index (χ1v) is 7.09. The number of nitrogens with one attached hydrogen (secondary N) is 1. The van der Waals surface area contributed by atoms with Gasteiger partial charge in [-0.2, -0.15) is 0 Å². The fourth-order valence-electron chi connectivity index (χ4n) is 1.73. The molecule has 0 atom stereocenters. The monoisotopic (exact) mass is 307 g/mol. The lowest BCUT2D eigenvalue weighted by atomic mass is 10.3. The molecule has 0 aliphatic carbocycles. The molecular formula is C13H10ClN3O2S.